The van der Waals surface area contributed by atoms with Crippen molar-refractivity contribution < 1.29 is 4.79 Å². The number of carbonyl (C=O) groups is 1. The van der Waals surface area contributed by atoms with Gasteiger partial charge in [0.2, 0.25) is 5.91 Å². The van der Waals surface area contributed by atoms with Gasteiger partial charge < -0.3 is 5.32 Å². The van der Waals surface area contributed by atoms with Crippen LogP contribution in [0.2, 0.25) is 0 Å². The van der Waals surface area contributed by atoms with Crippen molar-refractivity contribution in [1.82, 2.24) is 0 Å². The van der Waals surface area contributed by atoms with Crippen LogP contribution in [0, 0.1) is 6.92 Å². The fraction of sp³-hybridized carbons (Fsp3) is 0.278. The zero-order valence-electron chi connectivity index (χ0n) is 12.6. The van der Waals surface area contributed by atoms with Crippen molar-refractivity contribution in [2.24, 2.45) is 0 Å². The summed E-state index contributed by atoms with van der Waals surface area (Å²) in [5.41, 5.74) is 3.30. The zero-order valence-corrected chi connectivity index (χ0v) is 13.4. The SMILES string of the molecule is CCc1cccc(C)c1NC(=O)CCSc1ccccc1. The van der Waals surface area contributed by atoms with Crippen LogP contribution in [0.15, 0.2) is 53.4 Å². The van der Waals surface area contributed by atoms with E-state index in [1.54, 1.807) is 11.8 Å². The Balaban J connectivity index is 1.88. The summed E-state index contributed by atoms with van der Waals surface area (Å²) in [5.74, 6) is 0.880. The Morgan fingerprint density at radius 3 is 2.57 bits per heavy atom. The number of para-hydroxylation sites is 1. The van der Waals surface area contributed by atoms with Gasteiger partial charge in [-0.2, -0.15) is 0 Å². The van der Waals surface area contributed by atoms with E-state index in [-0.39, 0.29) is 5.91 Å². The van der Waals surface area contributed by atoms with Gasteiger partial charge >= 0.3 is 0 Å². The molecule has 0 fully saturated rings. The molecule has 0 aliphatic rings. The Hall–Kier alpha value is -1.74. The highest BCUT2D eigenvalue weighted by Crippen LogP contribution is 2.22. The highest BCUT2D eigenvalue weighted by atomic mass is 32.2. The summed E-state index contributed by atoms with van der Waals surface area (Å²) >= 11 is 1.71. The Kier molecular flexibility index (Phi) is 5.88. The third-order valence-electron chi connectivity index (χ3n) is 3.35. The molecule has 3 heteroatoms. The third-order valence-corrected chi connectivity index (χ3v) is 4.36. The number of aryl methyl sites for hydroxylation is 2. The maximum atomic E-state index is 12.1. The van der Waals surface area contributed by atoms with Crippen molar-refractivity contribution >= 4 is 23.4 Å². The molecule has 0 aliphatic heterocycles. The summed E-state index contributed by atoms with van der Waals surface area (Å²) in [5, 5.41) is 3.06. The molecule has 0 aliphatic carbocycles. The first kappa shape index (κ1) is 15.6. The molecule has 21 heavy (non-hydrogen) atoms. The maximum Gasteiger partial charge on any atom is 0.225 e. The van der Waals surface area contributed by atoms with Gasteiger partial charge in [-0.25, -0.2) is 0 Å². The quantitative estimate of drug-likeness (QED) is 0.785. The third kappa shape index (κ3) is 4.64. The van der Waals surface area contributed by atoms with Crippen molar-refractivity contribution in [1.29, 1.82) is 0 Å². The van der Waals surface area contributed by atoms with E-state index in [1.165, 1.54) is 10.5 Å². The molecule has 0 saturated carbocycles. The molecular formula is C18H21NOS. The summed E-state index contributed by atoms with van der Waals surface area (Å²) in [7, 11) is 0. The van der Waals surface area contributed by atoms with Crippen molar-refractivity contribution in [2.75, 3.05) is 11.1 Å². The van der Waals surface area contributed by atoms with Gasteiger partial charge in [-0.05, 0) is 36.6 Å². The number of nitrogens with one attached hydrogen (secondary N) is 1. The highest BCUT2D eigenvalue weighted by molar-refractivity contribution is 7.99. The second-order valence-electron chi connectivity index (χ2n) is 4.92. The average Bonchev–Trinajstić information content (AvgIpc) is 2.50. The van der Waals surface area contributed by atoms with E-state index in [0.29, 0.717) is 6.42 Å². The van der Waals surface area contributed by atoms with E-state index >= 15 is 0 Å². The van der Waals surface area contributed by atoms with E-state index in [2.05, 4.69) is 30.4 Å². The van der Waals surface area contributed by atoms with Gasteiger partial charge in [-0.1, -0.05) is 43.3 Å². The lowest BCUT2D eigenvalue weighted by Crippen LogP contribution is -2.14. The fourth-order valence-electron chi connectivity index (χ4n) is 2.18. The Labute approximate surface area is 131 Å². The average molecular weight is 299 g/mol. The molecular weight excluding hydrogens is 278 g/mol. The van der Waals surface area contributed by atoms with Gasteiger partial charge in [-0.15, -0.1) is 11.8 Å². The number of carbonyl (C=O) groups excluding carboxylic acids is 1. The molecule has 2 rings (SSSR count). The lowest BCUT2D eigenvalue weighted by Gasteiger charge is -2.12. The van der Waals surface area contributed by atoms with Gasteiger partial charge in [0.05, 0.1) is 0 Å². The van der Waals surface area contributed by atoms with Crippen molar-refractivity contribution in [3.63, 3.8) is 0 Å². The van der Waals surface area contributed by atoms with Gasteiger partial charge in [0, 0.05) is 22.8 Å². The number of rotatable bonds is 6. The van der Waals surface area contributed by atoms with Gasteiger partial charge in [0.15, 0.2) is 0 Å². The molecule has 1 amide bonds. The number of amides is 1. The minimum absolute atomic E-state index is 0.0856. The van der Waals surface area contributed by atoms with E-state index in [4.69, 9.17) is 0 Å². The van der Waals surface area contributed by atoms with Crippen LogP contribution in [0.4, 0.5) is 5.69 Å². The molecule has 110 valence electrons. The molecule has 0 atom stereocenters. The van der Waals surface area contributed by atoms with Crippen molar-refractivity contribution in [2.45, 2.75) is 31.6 Å². The summed E-state index contributed by atoms with van der Waals surface area (Å²) in [6, 6.07) is 16.3. The molecule has 1 N–H and O–H groups in total. The topological polar surface area (TPSA) is 29.1 Å². The molecule has 2 aromatic carbocycles. The van der Waals surface area contributed by atoms with Gasteiger partial charge in [0.1, 0.15) is 0 Å². The van der Waals surface area contributed by atoms with Crippen molar-refractivity contribution in [3.05, 3.63) is 59.7 Å². The smallest absolute Gasteiger partial charge is 0.225 e. The summed E-state index contributed by atoms with van der Waals surface area (Å²) in [6.45, 7) is 4.14. The fourth-order valence-corrected chi connectivity index (χ4v) is 3.05. The number of thioether (sulfide) groups is 1. The first-order valence-electron chi connectivity index (χ1n) is 7.27. The molecule has 2 aromatic rings. The largest absolute Gasteiger partial charge is 0.326 e. The molecule has 2 nitrogen and oxygen atoms in total. The second-order valence-corrected chi connectivity index (χ2v) is 6.09. The van der Waals surface area contributed by atoms with Crippen LogP contribution in [0.25, 0.3) is 0 Å². The summed E-state index contributed by atoms with van der Waals surface area (Å²) in [4.78, 5) is 13.3. The Morgan fingerprint density at radius 2 is 1.86 bits per heavy atom. The van der Waals surface area contributed by atoms with Crippen molar-refractivity contribution in [3.8, 4) is 0 Å². The standard InChI is InChI=1S/C18H21NOS/c1-3-15-9-7-8-14(2)18(15)19-17(20)12-13-21-16-10-5-4-6-11-16/h4-11H,3,12-13H2,1-2H3,(H,19,20). The van der Waals surface area contributed by atoms with Crippen LogP contribution < -0.4 is 5.32 Å². The van der Waals surface area contributed by atoms with E-state index in [9.17, 15) is 4.79 Å². The number of hydrogen-bond donors (Lipinski definition) is 1. The minimum atomic E-state index is 0.0856. The lowest BCUT2D eigenvalue weighted by atomic mass is 10.1. The van der Waals surface area contributed by atoms with Crippen LogP contribution in [0.3, 0.4) is 0 Å². The number of hydrogen-bond acceptors (Lipinski definition) is 2. The van der Waals surface area contributed by atoms with Crippen LogP contribution in [-0.4, -0.2) is 11.7 Å². The van der Waals surface area contributed by atoms with Gasteiger partial charge in [0.25, 0.3) is 0 Å². The Morgan fingerprint density at radius 1 is 1.10 bits per heavy atom. The lowest BCUT2D eigenvalue weighted by molar-refractivity contribution is -0.115. The predicted octanol–water partition coefficient (Wildman–Crippen LogP) is 4.68. The summed E-state index contributed by atoms with van der Waals surface area (Å²) < 4.78 is 0. The molecule has 0 radical (unpaired) electrons. The van der Waals surface area contributed by atoms with Crippen LogP contribution in [-0.2, 0) is 11.2 Å². The second kappa shape index (κ2) is 7.89. The number of benzene rings is 2. The van der Waals surface area contributed by atoms with Gasteiger partial charge in [-0.3, -0.25) is 4.79 Å². The normalized spacial score (nSPS) is 10.4. The highest BCUT2D eigenvalue weighted by Gasteiger charge is 2.08. The molecule has 0 aromatic heterocycles. The van der Waals surface area contributed by atoms with E-state index in [0.717, 1.165) is 23.4 Å². The molecule has 0 bridgehead atoms. The van der Waals surface area contributed by atoms with E-state index in [1.807, 2.05) is 37.3 Å². The number of anilines is 1. The molecule has 0 heterocycles. The monoisotopic (exact) mass is 299 g/mol. The maximum absolute atomic E-state index is 12.1. The molecule has 0 saturated heterocycles. The first-order valence-corrected chi connectivity index (χ1v) is 8.25. The minimum Gasteiger partial charge on any atom is -0.326 e. The molecule has 0 unspecified atom stereocenters. The first-order chi connectivity index (χ1) is 10.2. The van der Waals surface area contributed by atoms with Crippen LogP contribution in [0.1, 0.15) is 24.5 Å². The predicted molar refractivity (Wildman–Crippen MR) is 91.0 cm³/mol. The zero-order chi connectivity index (χ0) is 15.1. The van der Waals surface area contributed by atoms with E-state index < -0.39 is 0 Å². The summed E-state index contributed by atoms with van der Waals surface area (Å²) in [6.07, 6.45) is 1.45. The molecule has 0 spiro atoms. The van der Waals surface area contributed by atoms with Crippen LogP contribution in [0.5, 0.6) is 0 Å². The van der Waals surface area contributed by atoms with Crippen LogP contribution >= 0.6 is 11.8 Å². The Bertz CT molecular complexity index is 595.